The second-order valence-corrected chi connectivity index (χ2v) is 6.05. The lowest BCUT2D eigenvalue weighted by atomic mass is 10.1. The van der Waals surface area contributed by atoms with Crippen LogP contribution in [-0.4, -0.2) is 12.6 Å². The van der Waals surface area contributed by atoms with Crippen molar-refractivity contribution in [3.63, 3.8) is 0 Å². The first-order chi connectivity index (χ1) is 10.1. The number of ether oxygens (including phenoxy) is 1. The molecule has 1 atom stereocenters. The summed E-state index contributed by atoms with van der Waals surface area (Å²) in [7, 11) is 0. The molecule has 1 aromatic heterocycles. The summed E-state index contributed by atoms with van der Waals surface area (Å²) >= 11 is 0. The number of hydrogen-bond donors (Lipinski definition) is 1. The van der Waals surface area contributed by atoms with Gasteiger partial charge in [-0.3, -0.25) is 0 Å². The van der Waals surface area contributed by atoms with Crippen LogP contribution in [0.2, 0.25) is 0 Å². The summed E-state index contributed by atoms with van der Waals surface area (Å²) in [4.78, 5) is 0. The summed E-state index contributed by atoms with van der Waals surface area (Å²) in [5.74, 6) is 1.59. The van der Waals surface area contributed by atoms with Crippen molar-refractivity contribution in [3.8, 4) is 0 Å². The van der Waals surface area contributed by atoms with Gasteiger partial charge in [0.2, 0.25) is 0 Å². The molecular formula is C18H27NO2. The molecule has 1 unspecified atom stereocenters. The molecule has 0 aliphatic carbocycles. The van der Waals surface area contributed by atoms with E-state index < -0.39 is 0 Å². The number of furan rings is 1. The Hall–Kier alpha value is -1.32. The second kappa shape index (κ2) is 7.62. The first kappa shape index (κ1) is 16.1. The van der Waals surface area contributed by atoms with Gasteiger partial charge in [-0.15, -0.1) is 0 Å². The molecule has 116 valence electrons. The van der Waals surface area contributed by atoms with Crippen molar-refractivity contribution in [3.05, 3.63) is 35.6 Å². The second-order valence-electron chi connectivity index (χ2n) is 6.05. The van der Waals surface area contributed by atoms with Gasteiger partial charge < -0.3 is 14.5 Å². The van der Waals surface area contributed by atoms with Gasteiger partial charge in [-0.25, -0.2) is 0 Å². The van der Waals surface area contributed by atoms with Gasteiger partial charge in [0.1, 0.15) is 18.0 Å². The number of rotatable bonds is 8. The van der Waals surface area contributed by atoms with E-state index in [1.807, 2.05) is 12.1 Å². The van der Waals surface area contributed by atoms with Gasteiger partial charge in [-0.05, 0) is 31.9 Å². The average Bonchev–Trinajstić information content (AvgIpc) is 2.82. The van der Waals surface area contributed by atoms with E-state index in [1.54, 1.807) is 0 Å². The molecule has 21 heavy (non-hydrogen) atoms. The number of nitrogens with one attached hydrogen (secondary N) is 1. The zero-order valence-corrected chi connectivity index (χ0v) is 13.6. The Labute approximate surface area is 127 Å². The van der Waals surface area contributed by atoms with E-state index in [-0.39, 0.29) is 6.10 Å². The van der Waals surface area contributed by atoms with Crippen LogP contribution in [0.4, 0.5) is 0 Å². The van der Waals surface area contributed by atoms with Crippen molar-refractivity contribution < 1.29 is 9.15 Å². The maximum atomic E-state index is 5.99. The normalized spacial score (nSPS) is 13.2. The maximum absolute atomic E-state index is 5.99. The van der Waals surface area contributed by atoms with E-state index >= 15 is 0 Å². The molecule has 1 aromatic carbocycles. The van der Waals surface area contributed by atoms with Gasteiger partial charge in [0.05, 0.1) is 6.10 Å². The van der Waals surface area contributed by atoms with Crippen molar-refractivity contribution in [2.24, 2.45) is 5.92 Å². The third-order valence-electron chi connectivity index (χ3n) is 3.71. The first-order valence-electron chi connectivity index (χ1n) is 7.93. The van der Waals surface area contributed by atoms with Crippen LogP contribution in [0.1, 0.15) is 45.4 Å². The molecule has 0 amide bonds. The fraction of sp³-hybridized carbons (Fsp3) is 0.556. The van der Waals surface area contributed by atoms with E-state index in [4.69, 9.17) is 9.15 Å². The van der Waals surface area contributed by atoms with Crippen LogP contribution in [0.3, 0.4) is 0 Å². The molecule has 1 heterocycles. The van der Waals surface area contributed by atoms with Gasteiger partial charge in [0.15, 0.2) is 0 Å². The topological polar surface area (TPSA) is 34.4 Å². The molecule has 0 saturated carbocycles. The fourth-order valence-electron chi connectivity index (χ4n) is 2.28. The highest BCUT2D eigenvalue weighted by atomic mass is 16.5. The number of fused-ring (bicyclic) bond motifs is 1. The maximum Gasteiger partial charge on any atom is 0.135 e. The summed E-state index contributed by atoms with van der Waals surface area (Å²) in [6.45, 7) is 11.0. The van der Waals surface area contributed by atoms with Gasteiger partial charge in [0.25, 0.3) is 0 Å². The molecule has 0 fully saturated rings. The van der Waals surface area contributed by atoms with Crippen LogP contribution < -0.4 is 5.32 Å². The van der Waals surface area contributed by atoms with Crippen LogP contribution in [0.5, 0.6) is 0 Å². The Kier molecular flexibility index (Phi) is 5.83. The predicted molar refractivity (Wildman–Crippen MR) is 87.3 cm³/mol. The highest BCUT2D eigenvalue weighted by Gasteiger charge is 2.14. The van der Waals surface area contributed by atoms with Gasteiger partial charge in [-0.1, -0.05) is 39.0 Å². The van der Waals surface area contributed by atoms with Crippen molar-refractivity contribution in [2.75, 3.05) is 6.54 Å². The Bertz CT molecular complexity index is 559. The largest absolute Gasteiger partial charge is 0.458 e. The fourth-order valence-corrected chi connectivity index (χ4v) is 2.28. The van der Waals surface area contributed by atoms with Crippen LogP contribution in [0.25, 0.3) is 11.0 Å². The molecule has 0 spiro atoms. The zero-order chi connectivity index (χ0) is 15.2. The minimum Gasteiger partial charge on any atom is -0.458 e. The molecule has 2 aromatic rings. The first-order valence-corrected chi connectivity index (χ1v) is 7.93. The predicted octanol–water partition coefficient (Wildman–Crippen LogP) is 4.49. The molecule has 0 bridgehead atoms. The lowest BCUT2D eigenvalue weighted by Gasteiger charge is -2.11. The van der Waals surface area contributed by atoms with Gasteiger partial charge in [-0.2, -0.15) is 0 Å². The third-order valence-corrected chi connectivity index (χ3v) is 3.71. The third kappa shape index (κ3) is 4.32. The Morgan fingerprint density at radius 1 is 1.19 bits per heavy atom. The van der Waals surface area contributed by atoms with Crippen LogP contribution >= 0.6 is 0 Å². The van der Waals surface area contributed by atoms with Gasteiger partial charge >= 0.3 is 0 Å². The van der Waals surface area contributed by atoms with Crippen molar-refractivity contribution in [1.29, 1.82) is 0 Å². The summed E-state index contributed by atoms with van der Waals surface area (Å²) in [6, 6.07) is 8.21. The summed E-state index contributed by atoms with van der Waals surface area (Å²) in [5.41, 5.74) is 2.18. The lowest BCUT2D eigenvalue weighted by molar-refractivity contribution is 0.0408. The van der Waals surface area contributed by atoms with E-state index in [9.17, 15) is 0 Å². The summed E-state index contributed by atoms with van der Waals surface area (Å²) in [6.07, 6.45) is 1.27. The molecule has 3 nitrogen and oxygen atoms in total. The van der Waals surface area contributed by atoms with E-state index in [0.29, 0.717) is 12.5 Å². The Balaban J connectivity index is 2.17. The van der Waals surface area contributed by atoms with Crippen molar-refractivity contribution in [1.82, 2.24) is 5.32 Å². The van der Waals surface area contributed by atoms with Crippen molar-refractivity contribution in [2.45, 2.75) is 53.4 Å². The quantitative estimate of drug-likeness (QED) is 0.777. The lowest BCUT2D eigenvalue weighted by Crippen LogP contribution is -2.19. The molecule has 0 saturated heterocycles. The number of benzene rings is 1. The van der Waals surface area contributed by atoms with Crippen LogP contribution in [0.15, 0.2) is 28.7 Å². The minimum absolute atomic E-state index is 0.259. The van der Waals surface area contributed by atoms with E-state index in [1.165, 1.54) is 10.9 Å². The number of hydrogen-bond acceptors (Lipinski definition) is 3. The van der Waals surface area contributed by atoms with Crippen molar-refractivity contribution >= 4 is 11.0 Å². The zero-order valence-electron chi connectivity index (χ0n) is 13.6. The molecule has 0 radical (unpaired) electrons. The molecule has 1 N–H and O–H groups in total. The van der Waals surface area contributed by atoms with E-state index in [0.717, 1.165) is 30.9 Å². The monoisotopic (exact) mass is 289 g/mol. The molecule has 0 aliphatic rings. The van der Waals surface area contributed by atoms with Crippen LogP contribution in [0, 0.1) is 5.92 Å². The summed E-state index contributed by atoms with van der Waals surface area (Å²) < 4.78 is 11.8. The van der Waals surface area contributed by atoms with E-state index in [2.05, 4.69) is 45.1 Å². The standard InChI is InChI=1S/C18H27NO2/c1-5-14(4)20-12-18-16(11-19-10-13(2)3)15-8-6-7-9-17(15)21-18/h6-9,13-14,19H,5,10-12H2,1-4H3. The molecule has 3 heteroatoms. The van der Waals surface area contributed by atoms with Crippen LogP contribution in [-0.2, 0) is 17.9 Å². The molecular weight excluding hydrogens is 262 g/mol. The average molecular weight is 289 g/mol. The minimum atomic E-state index is 0.259. The SMILES string of the molecule is CCC(C)OCc1oc2ccccc2c1CNCC(C)C. The summed E-state index contributed by atoms with van der Waals surface area (Å²) in [5, 5.41) is 4.70. The smallest absolute Gasteiger partial charge is 0.135 e. The Morgan fingerprint density at radius 3 is 2.67 bits per heavy atom. The highest BCUT2D eigenvalue weighted by Crippen LogP contribution is 2.26. The number of para-hydroxylation sites is 1. The highest BCUT2D eigenvalue weighted by molar-refractivity contribution is 5.82. The Morgan fingerprint density at radius 2 is 1.95 bits per heavy atom. The molecule has 0 aliphatic heterocycles. The molecule has 2 rings (SSSR count). The van der Waals surface area contributed by atoms with Gasteiger partial charge in [0, 0.05) is 17.5 Å².